The molecule has 1 aliphatic heterocycles. The number of carbonyl (C=O) groups is 2. The number of carboxylic acid groups (broad SMARTS) is 1. The Morgan fingerprint density at radius 3 is 3.16 bits per heavy atom. The summed E-state index contributed by atoms with van der Waals surface area (Å²) in [5.74, 6) is 0.617. The Morgan fingerprint density at radius 1 is 1.63 bits per heavy atom. The molecule has 0 radical (unpaired) electrons. The highest BCUT2D eigenvalue weighted by atomic mass is 32.2. The molecule has 0 saturated heterocycles. The lowest BCUT2D eigenvalue weighted by Gasteiger charge is -2.17. The molecule has 1 aromatic rings. The number of hydrogen-bond acceptors (Lipinski definition) is 5. The lowest BCUT2D eigenvalue weighted by atomic mass is 10.3. The average Bonchev–Trinajstić information content (AvgIpc) is 2.50. The molecule has 1 aromatic heterocycles. The van der Waals surface area contributed by atoms with Gasteiger partial charge in [-0.2, -0.15) is 0 Å². The van der Waals surface area contributed by atoms with E-state index in [-0.39, 0.29) is 12.3 Å². The molecule has 6 nitrogen and oxygen atoms in total. The number of anilines is 2. The van der Waals surface area contributed by atoms with Crippen LogP contribution in [0.5, 0.6) is 0 Å². The van der Waals surface area contributed by atoms with Crippen molar-refractivity contribution in [2.24, 2.45) is 0 Å². The average molecular weight is 281 g/mol. The molecule has 2 N–H and O–H groups in total. The van der Waals surface area contributed by atoms with Gasteiger partial charge in [0.25, 0.3) is 0 Å². The summed E-state index contributed by atoms with van der Waals surface area (Å²) in [4.78, 5) is 29.0. The third-order valence-electron chi connectivity index (χ3n) is 2.80. The van der Waals surface area contributed by atoms with Gasteiger partial charge in [-0.25, -0.2) is 4.98 Å². The van der Waals surface area contributed by atoms with Crippen LogP contribution in [-0.4, -0.2) is 41.3 Å². The first-order valence-electron chi connectivity index (χ1n) is 5.93. The molecule has 102 valence electrons. The maximum absolute atomic E-state index is 11.7. The molecule has 0 bridgehead atoms. The van der Waals surface area contributed by atoms with Crippen LogP contribution in [-0.2, 0) is 9.59 Å². The summed E-state index contributed by atoms with van der Waals surface area (Å²) in [6.07, 6.45) is 2.20. The molecule has 2 heterocycles. The third-order valence-corrected chi connectivity index (χ3v) is 3.85. The maximum atomic E-state index is 11.7. The number of fused-ring (bicyclic) bond motifs is 1. The molecule has 0 fully saturated rings. The van der Waals surface area contributed by atoms with Gasteiger partial charge in [0.05, 0.1) is 18.3 Å². The van der Waals surface area contributed by atoms with Crippen molar-refractivity contribution in [3.05, 3.63) is 12.3 Å². The molecule has 1 aliphatic rings. The smallest absolute Gasteiger partial charge is 0.305 e. The van der Waals surface area contributed by atoms with Crippen molar-refractivity contribution in [2.45, 2.75) is 17.7 Å². The largest absolute Gasteiger partial charge is 0.481 e. The number of aliphatic carboxylic acids is 1. The van der Waals surface area contributed by atoms with Crippen molar-refractivity contribution in [2.75, 3.05) is 29.6 Å². The highest BCUT2D eigenvalue weighted by molar-refractivity contribution is 7.99. The second kappa shape index (κ2) is 5.92. The number of thioether (sulfide) groups is 1. The number of pyridine rings is 1. The fraction of sp³-hybridized carbons (Fsp3) is 0.417. The lowest BCUT2D eigenvalue weighted by molar-refractivity contribution is -0.136. The zero-order valence-corrected chi connectivity index (χ0v) is 11.4. The molecule has 2 rings (SSSR count). The molecule has 0 aromatic carbocycles. The van der Waals surface area contributed by atoms with E-state index < -0.39 is 5.97 Å². The Kier molecular flexibility index (Phi) is 4.26. The number of nitrogens with one attached hydrogen (secondary N) is 1. The second-order valence-corrected chi connectivity index (χ2v) is 5.30. The molecular formula is C12H15N3O3S. The van der Waals surface area contributed by atoms with Crippen molar-refractivity contribution in [3.8, 4) is 0 Å². The molecule has 0 atom stereocenters. The van der Waals surface area contributed by atoms with Gasteiger partial charge in [0, 0.05) is 30.7 Å². The van der Waals surface area contributed by atoms with Gasteiger partial charge in [-0.3, -0.25) is 9.59 Å². The minimum Gasteiger partial charge on any atom is -0.481 e. The maximum Gasteiger partial charge on any atom is 0.305 e. The zero-order valence-electron chi connectivity index (χ0n) is 10.5. The Hall–Kier alpha value is -1.76. The van der Waals surface area contributed by atoms with Crippen LogP contribution in [0.4, 0.5) is 11.5 Å². The minimum atomic E-state index is -0.845. The number of amides is 1. The van der Waals surface area contributed by atoms with E-state index in [1.165, 1.54) is 0 Å². The van der Waals surface area contributed by atoms with Crippen molar-refractivity contribution in [1.29, 1.82) is 0 Å². The number of aromatic nitrogens is 1. The van der Waals surface area contributed by atoms with Crippen molar-refractivity contribution in [3.63, 3.8) is 0 Å². The normalized spacial score (nSPS) is 14.8. The van der Waals surface area contributed by atoms with Crippen molar-refractivity contribution >= 4 is 35.1 Å². The molecule has 0 unspecified atom stereocenters. The lowest BCUT2D eigenvalue weighted by Crippen LogP contribution is -2.25. The Morgan fingerprint density at radius 2 is 2.42 bits per heavy atom. The van der Waals surface area contributed by atoms with Gasteiger partial charge in [0.15, 0.2) is 0 Å². The number of hydrogen-bond donors (Lipinski definition) is 2. The fourth-order valence-electron chi connectivity index (χ4n) is 1.74. The minimum absolute atomic E-state index is 0.0459. The standard InChI is InChI=1S/C12H15N3O3S/c1-15-8-7-14-10(13-4-2-12(17)18)6-9(8)19-5-3-11(15)16/h6-7H,2-5H2,1H3,(H,13,14)(H,17,18). The van der Waals surface area contributed by atoms with E-state index in [0.29, 0.717) is 18.8 Å². The predicted molar refractivity (Wildman–Crippen MR) is 73.7 cm³/mol. The van der Waals surface area contributed by atoms with E-state index in [0.717, 1.165) is 16.3 Å². The molecule has 19 heavy (non-hydrogen) atoms. The van der Waals surface area contributed by atoms with Crippen LogP contribution in [0.1, 0.15) is 12.8 Å². The van der Waals surface area contributed by atoms with Crippen molar-refractivity contribution < 1.29 is 14.7 Å². The van der Waals surface area contributed by atoms with E-state index in [2.05, 4.69) is 10.3 Å². The summed E-state index contributed by atoms with van der Waals surface area (Å²) < 4.78 is 0. The van der Waals surface area contributed by atoms with Crippen LogP contribution in [0.3, 0.4) is 0 Å². The van der Waals surface area contributed by atoms with E-state index in [1.807, 2.05) is 6.07 Å². The molecule has 0 aliphatic carbocycles. The first-order chi connectivity index (χ1) is 9.08. The summed E-state index contributed by atoms with van der Waals surface area (Å²) >= 11 is 1.61. The van der Waals surface area contributed by atoms with Crippen molar-refractivity contribution in [1.82, 2.24) is 4.98 Å². The van der Waals surface area contributed by atoms with Gasteiger partial charge in [-0.05, 0) is 6.07 Å². The molecule has 0 spiro atoms. The summed E-state index contributed by atoms with van der Waals surface area (Å²) in [5.41, 5.74) is 0.802. The molecule has 0 saturated carbocycles. The van der Waals surface area contributed by atoms with Gasteiger partial charge in [0.2, 0.25) is 5.91 Å². The quantitative estimate of drug-likeness (QED) is 0.868. The molecular weight excluding hydrogens is 266 g/mol. The van der Waals surface area contributed by atoms with Crippen LogP contribution in [0.25, 0.3) is 0 Å². The van der Waals surface area contributed by atoms with Crippen LogP contribution in [0.15, 0.2) is 17.2 Å². The van der Waals surface area contributed by atoms with Gasteiger partial charge in [0.1, 0.15) is 5.82 Å². The number of rotatable bonds is 4. The van der Waals surface area contributed by atoms with E-state index in [4.69, 9.17) is 5.11 Å². The van der Waals surface area contributed by atoms with Gasteiger partial charge in [-0.15, -0.1) is 11.8 Å². The van der Waals surface area contributed by atoms with Gasteiger partial charge < -0.3 is 15.3 Å². The fourth-order valence-corrected chi connectivity index (χ4v) is 2.77. The molecule has 1 amide bonds. The van der Waals surface area contributed by atoms with Crippen LogP contribution in [0, 0.1) is 0 Å². The Balaban J connectivity index is 2.12. The summed E-state index contributed by atoms with van der Waals surface area (Å²) in [6.45, 7) is 0.334. The SMILES string of the molecule is CN1C(=O)CCSc2cc(NCCC(=O)O)ncc21. The van der Waals surface area contributed by atoms with E-state index in [1.54, 1.807) is 29.9 Å². The Labute approximate surface area is 115 Å². The topological polar surface area (TPSA) is 82.5 Å². The van der Waals surface area contributed by atoms with Crippen LogP contribution < -0.4 is 10.2 Å². The van der Waals surface area contributed by atoms with Crippen LogP contribution in [0.2, 0.25) is 0 Å². The third kappa shape index (κ3) is 3.37. The van der Waals surface area contributed by atoms with Gasteiger partial charge >= 0.3 is 5.97 Å². The monoisotopic (exact) mass is 281 g/mol. The summed E-state index contributed by atoms with van der Waals surface area (Å²) in [5, 5.41) is 11.5. The Bertz CT molecular complexity index is 507. The number of carboxylic acids is 1. The zero-order chi connectivity index (χ0) is 13.8. The summed E-state index contributed by atoms with van der Waals surface area (Å²) in [7, 11) is 1.74. The first kappa shape index (κ1) is 13.7. The van der Waals surface area contributed by atoms with Crippen LogP contribution >= 0.6 is 11.8 Å². The second-order valence-electron chi connectivity index (χ2n) is 4.16. The van der Waals surface area contributed by atoms with E-state index in [9.17, 15) is 9.59 Å². The number of carbonyl (C=O) groups excluding carboxylic acids is 1. The van der Waals surface area contributed by atoms with E-state index >= 15 is 0 Å². The summed E-state index contributed by atoms with van der Waals surface area (Å²) in [6, 6.07) is 1.86. The number of nitrogens with zero attached hydrogens (tertiary/aromatic N) is 2. The van der Waals surface area contributed by atoms with Gasteiger partial charge in [-0.1, -0.05) is 0 Å². The first-order valence-corrected chi connectivity index (χ1v) is 6.91. The predicted octanol–water partition coefficient (Wildman–Crippen LogP) is 1.43. The molecule has 7 heteroatoms. The highest BCUT2D eigenvalue weighted by Crippen LogP contribution is 2.34. The highest BCUT2D eigenvalue weighted by Gasteiger charge is 2.19.